The average molecular weight is 260 g/mol. The maximum Gasteiger partial charge on any atom is 0.294 e. The smallest absolute Gasteiger partial charge is 0.294 e. The van der Waals surface area contributed by atoms with Gasteiger partial charge < -0.3 is 14.6 Å². The lowest BCUT2D eigenvalue weighted by molar-refractivity contribution is 0.0987. The molecular weight excluding hydrogens is 244 g/mol. The first-order valence-corrected chi connectivity index (χ1v) is 6.02. The van der Waals surface area contributed by atoms with Gasteiger partial charge in [-0.15, -0.1) is 0 Å². The Balaban J connectivity index is 2.19. The summed E-state index contributed by atoms with van der Waals surface area (Å²) >= 11 is 0. The Morgan fingerprint density at radius 1 is 1.37 bits per heavy atom. The number of anilines is 1. The van der Waals surface area contributed by atoms with Crippen molar-refractivity contribution in [2.45, 2.75) is 19.8 Å². The zero-order valence-electron chi connectivity index (χ0n) is 11.1. The minimum atomic E-state index is -0.344. The van der Waals surface area contributed by atoms with Crippen molar-refractivity contribution in [2.24, 2.45) is 0 Å². The molecule has 0 aliphatic carbocycles. The number of ether oxygens (including phenoxy) is 1. The van der Waals surface area contributed by atoms with Gasteiger partial charge >= 0.3 is 0 Å². The van der Waals surface area contributed by atoms with Gasteiger partial charge in [0.15, 0.2) is 0 Å². The Hall–Kier alpha value is -2.30. The standard InChI is InChI=1S/C14H16N2O3/c1-9(2)10-6-4-5-7-11(10)15-14(17)12-8-13(18-3)16-19-12/h4-9H,1-3H3,(H,15,17). The predicted molar refractivity (Wildman–Crippen MR) is 71.5 cm³/mol. The number of benzene rings is 1. The fourth-order valence-electron chi connectivity index (χ4n) is 1.76. The van der Waals surface area contributed by atoms with Crippen molar-refractivity contribution in [3.8, 4) is 5.88 Å². The van der Waals surface area contributed by atoms with Crippen molar-refractivity contribution >= 4 is 11.6 Å². The Morgan fingerprint density at radius 2 is 2.11 bits per heavy atom. The van der Waals surface area contributed by atoms with Crippen molar-refractivity contribution in [3.63, 3.8) is 0 Å². The van der Waals surface area contributed by atoms with Gasteiger partial charge in [0, 0.05) is 5.69 Å². The number of hydrogen-bond donors (Lipinski definition) is 1. The summed E-state index contributed by atoms with van der Waals surface area (Å²) in [5.74, 6) is 0.377. The molecule has 0 unspecified atom stereocenters. The maximum atomic E-state index is 12.0. The van der Waals surface area contributed by atoms with Crippen molar-refractivity contribution in [2.75, 3.05) is 12.4 Å². The molecule has 0 saturated carbocycles. The molecule has 19 heavy (non-hydrogen) atoms. The van der Waals surface area contributed by atoms with Crippen molar-refractivity contribution in [1.29, 1.82) is 0 Å². The van der Waals surface area contributed by atoms with E-state index < -0.39 is 0 Å². The number of hydrogen-bond acceptors (Lipinski definition) is 4. The molecular formula is C14H16N2O3. The van der Waals surface area contributed by atoms with Crippen LogP contribution in [0.3, 0.4) is 0 Å². The Bertz CT molecular complexity index is 576. The highest BCUT2D eigenvalue weighted by atomic mass is 16.5. The molecule has 1 aromatic heterocycles. The predicted octanol–water partition coefficient (Wildman–Crippen LogP) is 3.06. The summed E-state index contributed by atoms with van der Waals surface area (Å²) in [5, 5.41) is 6.41. The highest BCUT2D eigenvalue weighted by Crippen LogP contribution is 2.24. The third kappa shape index (κ3) is 2.93. The minimum Gasteiger partial charge on any atom is -0.479 e. The van der Waals surface area contributed by atoms with E-state index >= 15 is 0 Å². The van der Waals surface area contributed by atoms with E-state index in [0.717, 1.165) is 11.3 Å². The number of amides is 1. The van der Waals surface area contributed by atoms with Crippen LogP contribution in [0, 0.1) is 0 Å². The second-order valence-electron chi connectivity index (χ2n) is 4.43. The molecule has 0 saturated heterocycles. The summed E-state index contributed by atoms with van der Waals surface area (Å²) in [6.45, 7) is 4.14. The SMILES string of the molecule is COc1cc(C(=O)Nc2ccccc2C(C)C)on1. The summed E-state index contributed by atoms with van der Waals surface area (Å²) in [7, 11) is 1.47. The lowest BCUT2D eigenvalue weighted by Gasteiger charge is -2.12. The molecule has 0 spiro atoms. The molecule has 100 valence electrons. The summed E-state index contributed by atoms with van der Waals surface area (Å²) in [5.41, 5.74) is 1.85. The van der Waals surface area contributed by atoms with Crippen LogP contribution < -0.4 is 10.1 Å². The van der Waals surface area contributed by atoms with Crippen LogP contribution in [-0.4, -0.2) is 18.2 Å². The van der Waals surface area contributed by atoms with Crippen LogP contribution in [0.4, 0.5) is 5.69 Å². The number of rotatable bonds is 4. The molecule has 0 atom stereocenters. The normalized spacial score (nSPS) is 10.5. The summed E-state index contributed by atoms with van der Waals surface area (Å²) in [4.78, 5) is 12.0. The summed E-state index contributed by atoms with van der Waals surface area (Å²) in [6.07, 6.45) is 0. The van der Waals surface area contributed by atoms with E-state index in [1.807, 2.05) is 24.3 Å². The summed E-state index contributed by atoms with van der Waals surface area (Å²) in [6, 6.07) is 9.13. The molecule has 0 fully saturated rings. The fraction of sp³-hybridized carbons (Fsp3) is 0.286. The van der Waals surface area contributed by atoms with Gasteiger partial charge in [0.2, 0.25) is 5.76 Å². The molecule has 0 radical (unpaired) electrons. The van der Waals surface area contributed by atoms with Gasteiger partial charge in [0.1, 0.15) is 0 Å². The molecule has 0 aliphatic heterocycles. The Kier molecular flexibility index (Phi) is 3.85. The van der Waals surface area contributed by atoms with Crippen LogP contribution in [0.5, 0.6) is 5.88 Å². The van der Waals surface area contributed by atoms with Crippen LogP contribution in [0.25, 0.3) is 0 Å². The van der Waals surface area contributed by atoms with E-state index in [2.05, 4.69) is 24.3 Å². The third-order valence-corrected chi connectivity index (χ3v) is 2.75. The molecule has 1 aromatic carbocycles. The van der Waals surface area contributed by atoms with E-state index in [0.29, 0.717) is 5.92 Å². The maximum absolute atomic E-state index is 12.0. The molecule has 0 bridgehead atoms. The van der Waals surface area contributed by atoms with Crippen LogP contribution in [0.15, 0.2) is 34.9 Å². The first kappa shape index (κ1) is 13.1. The van der Waals surface area contributed by atoms with Crippen LogP contribution in [0.2, 0.25) is 0 Å². The average Bonchev–Trinajstić information content (AvgIpc) is 2.88. The summed E-state index contributed by atoms with van der Waals surface area (Å²) < 4.78 is 9.78. The third-order valence-electron chi connectivity index (χ3n) is 2.75. The zero-order chi connectivity index (χ0) is 13.8. The highest BCUT2D eigenvalue weighted by molar-refractivity contribution is 6.02. The van der Waals surface area contributed by atoms with E-state index in [1.54, 1.807) is 0 Å². The van der Waals surface area contributed by atoms with Crippen molar-refractivity contribution in [1.82, 2.24) is 5.16 Å². The minimum absolute atomic E-state index is 0.121. The van der Waals surface area contributed by atoms with Crippen molar-refractivity contribution < 1.29 is 14.1 Å². The van der Waals surface area contributed by atoms with Gasteiger partial charge in [0.25, 0.3) is 11.8 Å². The quantitative estimate of drug-likeness (QED) is 0.917. The second kappa shape index (κ2) is 5.56. The van der Waals surface area contributed by atoms with Gasteiger partial charge in [-0.2, -0.15) is 0 Å². The zero-order valence-corrected chi connectivity index (χ0v) is 11.1. The molecule has 2 rings (SSSR count). The molecule has 5 heteroatoms. The first-order valence-electron chi connectivity index (χ1n) is 6.02. The van der Waals surface area contributed by atoms with E-state index in [1.165, 1.54) is 13.2 Å². The molecule has 0 aliphatic rings. The van der Waals surface area contributed by atoms with Gasteiger partial charge in [-0.1, -0.05) is 32.0 Å². The largest absolute Gasteiger partial charge is 0.479 e. The van der Waals surface area contributed by atoms with E-state index in [4.69, 9.17) is 9.26 Å². The fourth-order valence-corrected chi connectivity index (χ4v) is 1.76. The number of methoxy groups -OCH3 is 1. The molecule has 1 heterocycles. The van der Waals surface area contributed by atoms with Gasteiger partial charge in [0.05, 0.1) is 13.2 Å². The lowest BCUT2D eigenvalue weighted by atomic mass is 10.0. The second-order valence-corrected chi connectivity index (χ2v) is 4.43. The number of nitrogens with one attached hydrogen (secondary N) is 1. The number of carbonyl (C=O) groups excluding carboxylic acids is 1. The number of nitrogens with zero attached hydrogens (tertiary/aromatic N) is 1. The molecule has 1 amide bonds. The van der Waals surface area contributed by atoms with E-state index in [9.17, 15) is 4.79 Å². The molecule has 5 nitrogen and oxygen atoms in total. The van der Waals surface area contributed by atoms with Crippen molar-refractivity contribution in [3.05, 3.63) is 41.7 Å². The van der Waals surface area contributed by atoms with Crippen LogP contribution in [0.1, 0.15) is 35.9 Å². The lowest BCUT2D eigenvalue weighted by Crippen LogP contribution is -2.12. The number of carbonyl (C=O) groups is 1. The number of aromatic nitrogens is 1. The molecule has 2 aromatic rings. The molecule has 1 N–H and O–H groups in total. The Morgan fingerprint density at radius 3 is 2.74 bits per heavy atom. The van der Waals surface area contributed by atoms with E-state index in [-0.39, 0.29) is 17.5 Å². The highest BCUT2D eigenvalue weighted by Gasteiger charge is 2.15. The monoisotopic (exact) mass is 260 g/mol. The van der Waals surface area contributed by atoms with Gasteiger partial charge in [-0.25, -0.2) is 0 Å². The van der Waals surface area contributed by atoms with Gasteiger partial charge in [-0.05, 0) is 22.7 Å². The van der Waals surface area contributed by atoms with Gasteiger partial charge in [-0.3, -0.25) is 4.79 Å². The van der Waals surface area contributed by atoms with Crippen LogP contribution >= 0.6 is 0 Å². The Labute approximate surface area is 111 Å². The van der Waals surface area contributed by atoms with Crippen LogP contribution in [-0.2, 0) is 0 Å². The first-order chi connectivity index (χ1) is 9.11. The number of para-hydroxylation sites is 1. The topological polar surface area (TPSA) is 64.4 Å².